The van der Waals surface area contributed by atoms with Crippen molar-refractivity contribution >= 4 is 21.5 Å². The second kappa shape index (κ2) is 5.75. The van der Waals surface area contributed by atoms with Crippen LogP contribution in [0.2, 0.25) is 0 Å². The van der Waals surface area contributed by atoms with E-state index in [1.165, 1.54) is 4.68 Å². The second-order valence-corrected chi connectivity index (χ2v) is 8.36. The van der Waals surface area contributed by atoms with Crippen molar-refractivity contribution < 1.29 is 13.3 Å². The topological polar surface area (TPSA) is 102 Å². The first kappa shape index (κ1) is 16.2. The van der Waals surface area contributed by atoms with Crippen molar-refractivity contribution in [3.05, 3.63) is 15.8 Å². The molecule has 23 heavy (non-hydrogen) atoms. The van der Waals surface area contributed by atoms with Gasteiger partial charge in [0.2, 0.25) is 15.8 Å². The molecular formula is C13H21N5O4S. The highest BCUT2D eigenvalue weighted by Crippen LogP contribution is 2.34. The van der Waals surface area contributed by atoms with E-state index in [2.05, 4.69) is 5.10 Å². The van der Waals surface area contributed by atoms with Gasteiger partial charge in [0.15, 0.2) is 0 Å². The average molecular weight is 343 g/mol. The second-order valence-electron chi connectivity index (χ2n) is 6.15. The SMILES string of the molecule is Cc1nn(C)c(N2CCC(S(=O)(=O)N3CCCC3)C2)c1[N+](=O)[O-]. The molecule has 128 valence electrons. The summed E-state index contributed by atoms with van der Waals surface area (Å²) in [6.07, 6.45) is 2.30. The molecular weight excluding hydrogens is 322 g/mol. The molecule has 0 spiro atoms. The molecule has 0 radical (unpaired) electrons. The number of anilines is 1. The summed E-state index contributed by atoms with van der Waals surface area (Å²) >= 11 is 0. The summed E-state index contributed by atoms with van der Waals surface area (Å²) in [5.41, 5.74) is 0.310. The van der Waals surface area contributed by atoms with Crippen molar-refractivity contribution in [3.63, 3.8) is 0 Å². The number of nitro groups is 1. The maximum atomic E-state index is 12.7. The minimum Gasteiger partial charge on any atom is -0.350 e. The predicted octanol–water partition coefficient (Wildman–Crippen LogP) is 0.641. The van der Waals surface area contributed by atoms with Crippen LogP contribution < -0.4 is 4.90 Å². The fourth-order valence-electron chi connectivity index (χ4n) is 3.52. The van der Waals surface area contributed by atoms with Crippen molar-refractivity contribution in [2.24, 2.45) is 7.05 Å². The standard InChI is InChI=1S/C13H21N5O4S/c1-10-12(18(19)20)13(15(2)14-10)16-8-5-11(9-16)23(21,22)17-6-3-4-7-17/h11H,3-9H2,1-2H3. The van der Waals surface area contributed by atoms with E-state index >= 15 is 0 Å². The van der Waals surface area contributed by atoms with Crippen LogP contribution >= 0.6 is 0 Å². The van der Waals surface area contributed by atoms with Gasteiger partial charge < -0.3 is 4.90 Å². The zero-order chi connectivity index (χ0) is 16.8. The van der Waals surface area contributed by atoms with Gasteiger partial charge >= 0.3 is 5.69 Å². The Hall–Kier alpha value is -1.68. The summed E-state index contributed by atoms with van der Waals surface area (Å²) in [6, 6.07) is 0. The highest BCUT2D eigenvalue weighted by Gasteiger charge is 2.41. The summed E-state index contributed by atoms with van der Waals surface area (Å²) < 4.78 is 28.4. The first-order valence-corrected chi connectivity index (χ1v) is 9.24. The molecule has 1 atom stereocenters. The molecule has 1 aromatic rings. The molecule has 0 aliphatic carbocycles. The smallest absolute Gasteiger partial charge is 0.333 e. The molecule has 1 unspecified atom stereocenters. The number of aromatic nitrogens is 2. The number of rotatable bonds is 4. The molecule has 0 bridgehead atoms. The van der Waals surface area contributed by atoms with Gasteiger partial charge in [0.25, 0.3) is 0 Å². The monoisotopic (exact) mass is 343 g/mol. The van der Waals surface area contributed by atoms with Gasteiger partial charge in [-0.1, -0.05) is 0 Å². The number of hydrogen-bond acceptors (Lipinski definition) is 6. The fourth-order valence-corrected chi connectivity index (χ4v) is 5.48. The Kier molecular flexibility index (Phi) is 4.05. The molecule has 2 fully saturated rings. The van der Waals surface area contributed by atoms with Crippen LogP contribution in [0.4, 0.5) is 11.5 Å². The molecule has 2 aliphatic rings. The molecule has 0 aromatic carbocycles. The Bertz CT molecular complexity index is 723. The van der Waals surface area contributed by atoms with E-state index in [0.717, 1.165) is 12.8 Å². The van der Waals surface area contributed by atoms with E-state index in [9.17, 15) is 18.5 Å². The lowest BCUT2D eigenvalue weighted by molar-refractivity contribution is -0.384. The van der Waals surface area contributed by atoms with Crippen molar-refractivity contribution in [2.45, 2.75) is 31.4 Å². The lowest BCUT2D eigenvalue weighted by atomic mass is 10.3. The fraction of sp³-hybridized carbons (Fsp3) is 0.769. The molecule has 3 heterocycles. The van der Waals surface area contributed by atoms with Gasteiger partial charge in [-0.2, -0.15) is 5.10 Å². The number of nitrogens with zero attached hydrogens (tertiary/aromatic N) is 5. The molecule has 10 heteroatoms. The van der Waals surface area contributed by atoms with Gasteiger partial charge in [-0.05, 0) is 26.2 Å². The van der Waals surface area contributed by atoms with Crippen molar-refractivity contribution in [3.8, 4) is 0 Å². The van der Waals surface area contributed by atoms with Crippen LogP contribution in [0.3, 0.4) is 0 Å². The molecule has 1 aromatic heterocycles. The van der Waals surface area contributed by atoms with Crippen LogP contribution in [0, 0.1) is 17.0 Å². The summed E-state index contributed by atoms with van der Waals surface area (Å²) in [6.45, 7) is 3.53. The molecule has 0 saturated carbocycles. The lowest BCUT2D eigenvalue weighted by Crippen LogP contribution is -2.38. The Morgan fingerprint density at radius 2 is 1.91 bits per heavy atom. The van der Waals surface area contributed by atoms with Crippen LogP contribution in [-0.2, 0) is 17.1 Å². The van der Waals surface area contributed by atoms with E-state index in [0.29, 0.717) is 37.6 Å². The van der Waals surface area contributed by atoms with E-state index in [1.54, 1.807) is 23.2 Å². The van der Waals surface area contributed by atoms with Crippen LogP contribution in [0.25, 0.3) is 0 Å². The van der Waals surface area contributed by atoms with E-state index in [-0.39, 0.29) is 12.2 Å². The Balaban J connectivity index is 1.85. The zero-order valence-electron chi connectivity index (χ0n) is 13.3. The van der Waals surface area contributed by atoms with Crippen molar-refractivity contribution in [2.75, 3.05) is 31.1 Å². The van der Waals surface area contributed by atoms with Crippen molar-refractivity contribution in [1.82, 2.24) is 14.1 Å². The van der Waals surface area contributed by atoms with Crippen LogP contribution in [0.5, 0.6) is 0 Å². The number of aryl methyl sites for hydroxylation is 2. The molecule has 3 rings (SSSR count). The third-order valence-corrected chi connectivity index (χ3v) is 6.95. The van der Waals surface area contributed by atoms with Crippen LogP contribution in [0.1, 0.15) is 25.0 Å². The molecule has 2 saturated heterocycles. The predicted molar refractivity (Wildman–Crippen MR) is 84.9 cm³/mol. The van der Waals surface area contributed by atoms with Gasteiger partial charge in [0.05, 0.1) is 10.2 Å². The first-order chi connectivity index (χ1) is 10.8. The summed E-state index contributed by atoms with van der Waals surface area (Å²) in [5.74, 6) is 0.395. The van der Waals surface area contributed by atoms with Gasteiger partial charge in [-0.15, -0.1) is 0 Å². The summed E-state index contributed by atoms with van der Waals surface area (Å²) in [5, 5.41) is 14.9. The summed E-state index contributed by atoms with van der Waals surface area (Å²) in [4.78, 5) is 12.6. The highest BCUT2D eigenvalue weighted by atomic mass is 32.2. The van der Waals surface area contributed by atoms with Crippen LogP contribution in [0.15, 0.2) is 0 Å². The Morgan fingerprint density at radius 3 is 2.52 bits per heavy atom. The largest absolute Gasteiger partial charge is 0.350 e. The van der Waals surface area contributed by atoms with E-state index in [4.69, 9.17) is 0 Å². The van der Waals surface area contributed by atoms with Crippen molar-refractivity contribution in [1.29, 1.82) is 0 Å². The van der Waals surface area contributed by atoms with Gasteiger partial charge in [-0.25, -0.2) is 17.4 Å². The average Bonchev–Trinajstić information content (AvgIpc) is 3.16. The number of sulfonamides is 1. The normalized spacial score (nSPS) is 22.9. The third-order valence-electron chi connectivity index (χ3n) is 4.63. The van der Waals surface area contributed by atoms with Gasteiger partial charge in [0.1, 0.15) is 5.69 Å². The van der Waals surface area contributed by atoms with E-state index < -0.39 is 20.2 Å². The molecule has 0 N–H and O–H groups in total. The van der Waals surface area contributed by atoms with E-state index in [1.807, 2.05) is 0 Å². The van der Waals surface area contributed by atoms with Crippen LogP contribution in [-0.4, -0.2) is 58.9 Å². The minimum absolute atomic E-state index is 0.0354. The van der Waals surface area contributed by atoms with Gasteiger partial charge in [-0.3, -0.25) is 10.1 Å². The Labute approximate surface area is 135 Å². The quantitative estimate of drug-likeness (QED) is 0.587. The lowest BCUT2D eigenvalue weighted by Gasteiger charge is -2.21. The Morgan fingerprint density at radius 1 is 1.26 bits per heavy atom. The van der Waals surface area contributed by atoms with Gasteiger partial charge in [0, 0.05) is 33.2 Å². The molecule has 9 nitrogen and oxygen atoms in total. The maximum absolute atomic E-state index is 12.7. The highest BCUT2D eigenvalue weighted by molar-refractivity contribution is 7.89. The maximum Gasteiger partial charge on any atom is 0.333 e. The minimum atomic E-state index is -3.33. The molecule has 0 amide bonds. The summed E-state index contributed by atoms with van der Waals surface area (Å²) in [7, 11) is -1.68. The third kappa shape index (κ3) is 2.69. The molecule has 2 aliphatic heterocycles. The zero-order valence-corrected chi connectivity index (χ0v) is 14.1. The number of hydrogen-bond donors (Lipinski definition) is 0. The first-order valence-electron chi connectivity index (χ1n) is 7.74.